The first-order valence-electron chi connectivity index (χ1n) is 5.92. The van der Waals surface area contributed by atoms with Crippen molar-refractivity contribution in [3.8, 4) is 5.75 Å². The summed E-state index contributed by atoms with van der Waals surface area (Å²) in [7, 11) is 0. The van der Waals surface area contributed by atoms with Crippen LogP contribution in [0, 0.1) is 0 Å². The third kappa shape index (κ3) is 3.41. The molecule has 1 heterocycles. The Morgan fingerprint density at radius 2 is 2.11 bits per heavy atom. The van der Waals surface area contributed by atoms with Crippen LogP contribution in [0.2, 0.25) is 0 Å². The first-order chi connectivity index (χ1) is 9.12. The average Bonchev–Trinajstić information content (AvgIpc) is 2.87. The van der Waals surface area contributed by atoms with Gasteiger partial charge in [-0.25, -0.2) is 4.79 Å². The molecule has 102 valence electrons. The van der Waals surface area contributed by atoms with Gasteiger partial charge >= 0.3 is 5.97 Å². The highest BCUT2D eigenvalue weighted by Crippen LogP contribution is 2.28. The molecule has 19 heavy (non-hydrogen) atoms. The molecule has 0 aromatic heterocycles. The zero-order chi connectivity index (χ0) is 13.7. The Balaban J connectivity index is 1.88. The number of aliphatic carboxylic acids is 1. The second-order valence-electron chi connectivity index (χ2n) is 4.34. The van der Waals surface area contributed by atoms with Crippen LogP contribution in [0.15, 0.2) is 30.3 Å². The Bertz CT molecular complexity index is 457. The molecule has 0 spiro atoms. The van der Waals surface area contributed by atoms with Crippen LogP contribution in [0.25, 0.3) is 0 Å². The number of carbonyl (C=O) groups is 2. The van der Waals surface area contributed by atoms with Crippen LogP contribution < -0.4 is 10.1 Å². The molecule has 1 aromatic carbocycles. The van der Waals surface area contributed by atoms with Gasteiger partial charge in [-0.2, -0.15) is 11.8 Å². The van der Waals surface area contributed by atoms with Crippen LogP contribution in [0.5, 0.6) is 5.75 Å². The lowest BCUT2D eigenvalue weighted by molar-refractivity contribution is -0.146. The maximum atomic E-state index is 11.8. The molecule has 2 N–H and O–H groups in total. The van der Waals surface area contributed by atoms with Gasteiger partial charge in [-0.1, -0.05) is 18.2 Å². The van der Waals surface area contributed by atoms with Crippen LogP contribution in [0.4, 0.5) is 0 Å². The predicted octanol–water partition coefficient (Wildman–Crippen LogP) is 1.14. The number of carboxylic acid groups (broad SMARTS) is 1. The summed E-state index contributed by atoms with van der Waals surface area (Å²) in [5, 5.41) is 11.8. The Kier molecular flexibility index (Phi) is 4.31. The number of carboxylic acids is 1. The largest absolute Gasteiger partial charge is 0.484 e. The lowest BCUT2D eigenvalue weighted by Crippen LogP contribution is -2.55. The summed E-state index contributed by atoms with van der Waals surface area (Å²) in [6.45, 7) is -0.177. The van der Waals surface area contributed by atoms with E-state index in [0.717, 1.165) is 5.75 Å². The Morgan fingerprint density at radius 3 is 2.68 bits per heavy atom. The summed E-state index contributed by atoms with van der Waals surface area (Å²) in [4.78, 5) is 23.0. The number of thioether (sulfide) groups is 1. The SMILES string of the molecule is O=C(COc1ccccc1)N[C@]1(C(=O)O)CCSC1. The number of benzene rings is 1. The molecule has 1 amide bonds. The van der Waals surface area contributed by atoms with Crippen LogP contribution in [0.3, 0.4) is 0 Å². The van der Waals surface area contributed by atoms with Crippen LogP contribution in [0.1, 0.15) is 6.42 Å². The maximum absolute atomic E-state index is 11.8. The van der Waals surface area contributed by atoms with Crippen LogP contribution >= 0.6 is 11.8 Å². The molecule has 1 aromatic rings. The Hall–Kier alpha value is -1.69. The summed E-state index contributed by atoms with van der Waals surface area (Å²) in [6, 6.07) is 8.94. The highest BCUT2D eigenvalue weighted by molar-refractivity contribution is 7.99. The number of nitrogens with one attached hydrogen (secondary N) is 1. The van der Waals surface area contributed by atoms with E-state index >= 15 is 0 Å². The summed E-state index contributed by atoms with van der Waals surface area (Å²) < 4.78 is 5.29. The van der Waals surface area contributed by atoms with E-state index in [4.69, 9.17) is 4.74 Å². The standard InChI is InChI=1S/C13H15NO4S/c15-11(8-18-10-4-2-1-3-5-10)14-13(12(16)17)6-7-19-9-13/h1-5H,6-9H2,(H,14,15)(H,16,17)/t13-/m1/s1. The van der Waals surface area contributed by atoms with E-state index in [1.807, 2.05) is 6.07 Å². The van der Waals surface area contributed by atoms with Crippen molar-refractivity contribution in [2.75, 3.05) is 18.1 Å². The number of rotatable bonds is 5. The molecule has 0 unspecified atom stereocenters. The fourth-order valence-corrected chi connectivity index (χ4v) is 3.18. The normalized spacial score (nSPS) is 21.9. The van der Waals surface area contributed by atoms with Crippen molar-refractivity contribution in [1.29, 1.82) is 0 Å². The summed E-state index contributed by atoms with van der Waals surface area (Å²) in [5.74, 6) is 0.341. The number of ether oxygens (including phenoxy) is 1. The minimum Gasteiger partial charge on any atom is -0.484 e. The topological polar surface area (TPSA) is 75.6 Å². The number of carbonyl (C=O) groups excluding carboxylic acids is 1. The lowest BCUT2D eigenvalue weighted by atomic mass is 9.99. The fraction of sp³-hybridized carbons (Fsp3) is 0.385. The molecule has 0 aliphatic carbocycles. The number of para-hydroxylation sites is 1. The maximum Gasteiger partial charge on any atom is 0.330 e. The highest BCUT2D eigenvalue weighted by atomic mass is 32.2. The summed E-state index contributed by atoms with van der Waals surface area (Å²) >= 11 is 1.53. The molecule has 2 rings (SSSR count). The molecule has 1 saturated heterocycles. The van der Waals surface area contributed by atoms with Gasteiger partial charge in [0.05, 0.1) is 0 Å². The van der Waals surface area contributed by atoms with Gasteiger partial charge in [-0.05, 0) is 24.3 Å². The molecule has 0 bridgehead atoms. The van der Waals surface area contributed by atoms with E-state index < -0.39 is 17.4 Å². The Morgan fingerprint density at radius 1 is 1.37 bits per heavy atom. The van der Waals surface area contributed by atoms with Gasteiger partial charge in [0.15, 0.2) is 6.61 Å². The number of hydrogen-bond donors (Lipinski definition) is 2. The quantitative estimate of drug-likeness (QED) is 0.846. The molecule has 5 nitrogen and oxygen atoms in total. The molecule has 0 radical (unpaired) electrons. The van der Waals surface area contributed by atoms with Crippen molar-refractivity contribution in [3.63, 3.8) is 0 Å². The molecular weight excluding hydrogens is 266 g/mol. The first-order valence-corrected chi connectivity index (χ1v) is 7.08. The predicted molar refractivity (Wildman–Crippen MR) is 72.4 cm³/mol. The van der Waals surface area contributed by atoms with Crippen molar-refractivity contribution in [2.24, 2.45) is 0 Å². The summed E-state index contributed by atoms with van der Waals surface area (Å²) in [5.41, 5.74) is -1.14. The van der Waals surface area contributed by atoms with Gasteiger partial charge in [0.1, 0.15) is 11.3 Å². The molecular formula is C13H15NO4S. The van der Waals surface area contributed by atoms with Crippen molar-refractivity contribution < 1.29 is 19.4 Å². The van der Waals surface area contributed by atoms with E-state index in [9.17, 15) is 14.7 Å². The molecule has 1 aliphatic rings. The van der Waals surface area contributed by atoms with Gasteiger partial charge in [-0.15, -0.1) is 0 Å². The third-order valence-electron chi connectivity index (χ3n) is 2.92. The molecule has 6 heteroatoms. The molecule has 1 fully saturated rings. The molecule has 0 saturated carbocycles. The number of hydrogen-bond acceptors (Lipinski definition) is 4. The third-order valence-corrected chi connectivity index (χ3v) is 4.11. The van der Waals surface area contributed by atoms with E-state index in [-0.39, 0.29) is 6.61 Å². The zero-order valence-corrected chi connectivity index (χ0v) is 11.1. The monoisotopic (exact) mass is 281 g/mol. The van der Waals surface area contributed by atoms with Crippen LogP contribution in [-0.4, -0.2) is 40.6 Å². The van der Waals surface area contributed by atoms with Gasteiger partial charge < -0.3 is 15.2 Å². The van der Waals surface area contributed by atoms with Crippen molar-refractivity contribution in [3.05, 3.63) is 30.3 Å². The summed E-state index contributed by atoms with van der Waals surface area (Å²) in [6.07, 6.45) is 0.448. The smallest absolute Gasteiger partial charge is 0.330 e. The minimum absolute atomic E-state index is 0.177. The second kappa shape index (κ2) is 5.97. The first kappa shape index (κ1) is 13.7. The van der Waals surface area contributed by atoms with Crippen LogP contribution in [-0.2, 0) is 9.59 Å². The van der Waals surface area contributed by atoms with Crippen molar-refractivity contribution in [1.82, 2.24) is 5.32 Å². The van der Waals surface area contributed by atoms with Crippen molar-refractivity contribution in [2.45, 2.75) is 12.0 Å². The fourth-order valence-electron chi connectivity index (χ4n) is 1.85. The lowest BCUT2D eigenvalue weighted by Gasteiger charge is -2.24. The molecule has 1 atom stereocenters. The second-order valence-corrected chi connectivity index (χ2v) is 5.44. The van der Waals surface area contributed by atoms with Gasteiger partial charge in [-0.3, -0.25) is 4.79 Å². The van der Waals surface area contributed by atoms with E-state index in [1.54, 1.807) is 24.3 Å². The van der Waals surface area contributed by atoms with Gasteiger partial charge in [0.25, 0.3) is 5.91 Å². The molecule has 1 aliphatic heterocycles. The average molecular weight is 281 g/mol. The Labute approximate surface area is 115 Å². The van der Waals surface area contributed by atoms with E-state index in [2.05, 4.69) is 5.32 Å². The highest BCUT2D eigenvalue weighted by Gasteiger charge is 2.43. The van der Waals surface area contributed by atoms with Gasteiger partial charge in [0, 0.05) is 5.75 Å². The van der Waals surface area contributed by atoms with Gasteiger partial charge in [0.2, 0.25) is 0 Å². The van der Waals surface area contributed by atoms with Crippen molar-refractivity contribution >= 4 is 23.6 Å². The van der Waals surface area contributed by atoms with E-state index in [0.29, 0.717) is 17.9 Å². The zero-order valence-electron chi connectivity index (χ0n) is 10.3. The van der Waals surface area contributed by atoms with E-state index in [1.165, 1.54) is 11.8 Å². The number of amides is 1. The minimum atomic E-state index is -1.14.